The molecule has 0 saturated carbocycles. The van der Waals surface area contributed by atoms with E-state index in [0.29, 0.717) is 0 Å². The SMILES string of the molecule is C[C@@H](OC(=O)c1ccccc1OC(F)F)C(=O)Nc1sccc1C(N)=O. The van der Waals surface area contributed by atoms with Crippen LogP contribution < -0.4 is 15.8 Å². The molecule has 0 saturated heterocycles. The lowest BCUT2D eigenvalue weighted by atomic mass is 10.2. The van der Waals surface area contributed by atoms with E-state index in [1.54, 1.807) is 5.38 Å². The van der Waals surface area contributed by atoms with Gasteiger partial charge in [-0.05, 0) is 30.5 Å². The average molecular weight is 384 g/mol. The molecule has 138 valence electrons. The minimum absolute atomic E-state index is 0.123. The third-order valence-electron chi connectivity index (χ3n) is 3.14. The first-order valence-corrected chi connectivity index (χ1v) is 8.10. The van der Waals surface area contributed by atoms with Crippen LogP contribution >= 0.6 is 11.3 Å². The molecule has 0 bridgehead atoms. The predicted molar refractivity (Wildman–Crippen MR) is 89.4 cm³/mol. The van der Waals surface area contributed by atoms with Crippen molar-refractivity contribution in [3.8, 4) is 5.75 Å². The highest BCUT2D eigenvalue weighted by Gasteiger charge is 2.23. The van der Waals surface area contributed by atoms with Gasteiger partial charge in [0, 0.05) is 0 Å². The van der Waals surface area contributed by atoms with Crippen LogP contribution in [-0.4, -0.2) is 30.5 Å². The average Bonchev–Trinajstić information content (AvgIpc) is 3.03. The van der Waals surface area contributed by atoms with Crippen LogP contribution in [0.25, 0.3) is 0 Å². The molecule has 0 radical (unpaired) electrons. The van der Waals surface area contributed by atoms with Gasteiger partial charge in [-0.1, -0.05) is 12.1 Å². The number of para-hydroxylation sites is 1. The van der Waals surface area contributed by atoms with Crippen molar-refractivity contribution < 1.29 is 32.6 Å². The first kappa shape index (κ1) is 19.3. The molecule has 0 aliphatic carbocycles. The summed E-state index contributed by atoms with van der Waals surface area (Å²) in [6.07, 6.45) is -1.26. The number of nitrogens with two attached hydrogens (primary N) is 1. The van der Waals surface area contributed by atoms with Crippen molar-refractivity contribution in [3.05, 3.63) is 46.8 Å². The largest absolute Gasteiger partial charge is 0.449 e. The summed E-state index contributed by atoms with van der Waals surface area (Å²) in [5.74, 6) is -2.81. The van der Waals surface area contributed by atoms with Gasteiger partial charge in [-0.25, -0.2) is 4.79 Å². The summed E-state index contributed by atoms with van der Waals surface area (Å²) in [7, 11) is 0. The smallest absolute Gasteiger partial charge is 0.387 e. The normalized spacial score (nSPS) is 11.7. The Balaban J connectivity index is 2.06. The number of carbonyl (C=O) groups is 3. The number of anilines is 1. The van der Waals surface area contributed by atoms with Crippen molar-refractivity contribution in [1.29, 1.82) is 0 Å². The lowest BCUT2D eigenvalue weighted by Crippen LogP contribution is -2.30. The molecule has 0 fully saturated rings. The van der Waals surface area contributed by atoms with Crippen LogP contribution in [0.2, 0.25) is 0 Å². The molecule has 26 heavy (non-hydrogen) atoms. The summed E-state index contributed by atoms with van der Waals surface area (Å²) in [4.78, 5) is 35.5. The Morgan fingerprint density at radius 1 is 1.15 bits per heavy atom. The molecule has 2 amide bonds. The Kier molecular flexibility index (Phi) is 6.23. The highest BCUT2D eigenvalue weighted by atomic mass is 32.1. The van der Waals surface area contributed by atoms with Gasteiger partial charge >= 0.3 is 12.6 Å². The van der Waals surface area contributed by atoms with Gasteiger partial charge in [0.2, 0.25) is 0 Å². The van der Waals surface area contributed by atoms with E-state index in [1.165, 1.54) is 37.3 Å². The highest BCUT2D eigenvalue weighted by molar-refractivity contribution is 7.14. The van der Waals surface area contributed by atoms with Gasteiger partial charge in [-0.2, -0.15) is 8.78 Å². The number of carbonyl (C=O) groups excluding carboxylic acids is 3. The molecule has 2 aromatic rings. The Bertz CT molecular complexity index is 824. The van der Waals surface area contributed by atoms with Crippen molar-refractivity contribution in [2.75, 3.05) is 5.32 Å². The molecule has 1 heterocycles. The number of hydrogen-bond acceptors (Lipinski definition) is 6. The van der Waals surface area contributed by atoms with E-state index in [9.17, 15) is 23.2 Å². The van der Waals surface area contributed by atoms with Gasteiger partial charge in [0.1, 0.15) is 16.3 Å². The van der Waals surface area contributed by atoms with Crippen molar-refractivity contribution in [2.24, 2.45) is 5.73 Å². The standard InChI is InChI=1S/C16H14F2N2O5S/c1-8(13(22)20-14-10(12(19)21)6-7-26-14)24-15(23)9-4-2-3-5-11(9)25-16(17)18/h2-8,16H,1H3,(H2,19,21)(H,20,22)/t8-/m1/s1. The van der Waals surface area contributed by atoms with Gasteiger partial charge in [0.05, 0.1) is 5.56 Å². The summed E-state index contributed by atoms with van der Waals surface area (Å²) >= 11 is 1.07. The van der Waals surface area contributed by atoms with Crippen LogP contribution in [0.3, 0.4) is 0 Å². The second kappa shape index (κ2) is 8.39. The molecule has 0 aliphatic rings. The lowest BCUT2D eigenvalue weighted by Gasteiger charge is -2.15. The van der Waals surface area contributed by atoms with Crippen LogP contribution in [0.5, 0.6) is 5.75 Å². The number of primary amides is 1. The molecule has 0 spiro atoms. The van der Waals surface area contributed by atoms with E-state index < -0.39 is 30.5 Å². The number of ether oxygens (including phenoxy) is 2. The quantitative estimate of drug-likeness (QED) is 0.714. The summed E-state index contributed by atoms with van der Waals surface area (Å²) in [5, 5.41) is 4.20. The van der Waals surface area contributed by atoms with Crippen LogP contribution in [0, 0.1) is 0 Å². The Morgan fingerprint density at radius 3 is 2.50 bits per heavy atom. The summed E-state index contributed by atoms with van der Waals surface area (Å²) < 4.78 is 34.0. The Hall–Kier alpha value is -3.01. The van der Waals surface area contributed by atoms with Crippen LogP contribution in [-0.2, 0) is 9.53 Å². The summed E-state index contributed by atoms with van der Waals surface area (Å²) in [5.41, 5.74) is 5.05. The van der Waals surface area contributed by atoms with Crippen molar-refractivity contribution in [2.45, 2.75) is 19.6 Å². The molecule has 1 aromatic heterocycles. The second-order valence-corrected chi connectivity index (χ2v) is 5.86. The topological polar surface area (TPSA) is 108 Å². The Labute approximate surface area is 150 Å². The maximum atomic E-state index is 12.4. The van der Waals surface area contributed by atoms with Gasteiger partial charge < -0.3 is 20.5 Å². The molecular formula is C16H14F2N2O5S. The fourth-order valence-corrected chi connectivity index (χ4v) is 2.72. The van der Waals surface area contributed by atoms with E-state index in [4.69, 9.17) is 10.5 Å². The third kappa shape index (κ3) is 4.76. The number of esters is 1. The number of alkyl halides is 2. The highest BCUT2D eigenvalue weighted by Crippen LogP contribution is 2.24. The molecule has 7 nitrogen and oxygen atoms in total. The van der Waals surface area contributed by atoms with E-state index in [-0.39, 0.29) is 21.9 Å². The molecule has 0 aliphatic heterocycles. The summed E-state index contributed by atoms with van der Waals surface area (Å²) in [6.45, 7) is -1.82. The predicted octanol–water partition coefficient (Wildman–Crippen LogP) is 2.63. The van der Waals surface area contributed by atoms with Crippen molar-refractivity contribution >= 4 is 34.1 Å². The minimum Gasteiger partial charge on any atom is -0.449 e. The molecule has 0 unspecified atom stereocenters. The van der Waals surface area contributed by atoms with Crippen LogP contribution in [0.4, 0.5) is 13.8 Å². The maximum absolute atomic E-state index is 12.4. The number of nitrogens with one attached hydrogen (secondary N) is 1. The van der Waals surface area contributed by atoms with E-state index >= 15 is 0 Å². The zero-order valence-corrected chi connectivity index (χ0v) is 14.2. The molecule has 1 aromatic carbocycles. The first-order valence-electron chi connectivity index (χ1n) is 7.22. The number of benzene rings is 1. The van der Waals surface area contributed by atoms with E-state index in [1.807, 2.05) is 0 Å². The van der Waals surface area contributed by atoms with E-state index in [2.05, 4.69) is 10.1 Å². The first-order chi connectivity index (χ1) is 12.3. The van der Waals surface area contributed by atoms with Gasteiger partial charge in [-0.3, -0.25) is 9.59 Å². The third-order valence-corrected chi connectivity index (χ3v) is 3.97. The van der Waals surface area contributed by atoms with Gasteiger partial charge in [0.15, 0.2) is 6.10 Å². The zero-order valence-electron chi connectivity index (χ0n) is 13.4. The number of thiophene rings is 1. The maximum Gasteiger partial charge on any atom is 0.387 e. The monoisotopic (exact) mass is 384 g/mol. The second-order valence-electron chi connectivity index (χ2n) is 4.94. The molecular weight excluding hydrogens is 370 g/mol. The molecule has 1 atom stereocenters. The zero-order chi connectivity index (χ0) is 19.3. The number of halogens is 2. The Morgan fingerprint density at radius 2 is 1.85 bits per heavy atom. The summed E-state index contributed by atoms with van der Waals surface area (Å²) in [6, 6.07) is 6.70. The molecule has 2 rings (SSSR count). The van der Waals surface area contributed by atoms with Crippen molar-refractivity contribution in [3.63, 3.8) is 0 Å². The number of rotatable bonds is 7. The molecule has 10 heteroatoms. The van der Waals surface area contributed by atoms with Gasteiger partial charge in [0.25, 0.3) is 11.8 Å². The fraction of sp³-hybridized carbons (Fsp3) is 0.188. The van der Waals surface area contributed by atoms with Gasteiger partial charge in [-0.15, -0.1) is 11.3 Å². The number of hydrogen-bond donors (Lipinski definition) is 2. The molecule has 3 N–H and O–H groups in total. The van der Waals surface area contributed by atoms with E-state index in [0.717, 1.165) is 11.3 Å². The number of amides is 2. The minimum atomic E-state index is -3.12. The fourth-order valence-electron chi connectivity index (χ4n) is 1.93. The van der Waals surface area contributed by atoms with Crippen LogP contribution in [0.15, 0.2) is 35.7 Å². The van der Waals surface area contributed by atoms with Crippen LogP contribution in [0.1, 0.15) is 27.6 Å². The van der Waals surface area contributed by atoms with Crippen molar-refractivity contribution in [1.82, 2.24) is 0 Å². The lowest BCUT2D eigenvalue weighted by molar-refractivity contribution is -0.123.